The van der Waals surface area contributed by atoms with E-state index in [1.807, 2.05) is 0 Å². The van der Waals surface area contributed by atoms with Gasteiger partial charge in [0.1, 0.15) is 10.6 Å². The molecule has 1 N–H and O–H groups in total. The third-order valence-corrected chi connectivity index (χ3v) is 4.40. The van der Waals surface area contributed by atoms with Crippen LogP contribution in [0.3, 0.4) is 0 Å². The van der Waals surface area contributed by atoms with Crippen LogP contribution in [0.1, 0.15) is 37.4 Å². The SMILES string of the molecule is COC1(c2nc(CNC(C)C)cs2)CCOCC1. The molecule has 18 heavy (non-hydrogen) atoms. The lowest BCUT2D eigenvalue weighted by atomic mass is 9.95. The van der Waals surface area contributed by atoms with Crippen LogP contribution in [0.4, 0.5) is 0 Å². The molecule has 2 rings (SSSR count). The van der Waals surface area contributed by atoms with Crippen molar-refractivity contribution in [1.82, 2.24) is 10.3 Å². The van der Waals surface area contributed by atoms with Gasteiger partial charge in [0.25, 0.3) is 0 Å². The summed E-state index contributed by atoms with van der Waals surface area (Å²) in [6, 6.07) is 0.481. The number of hydrogen-bond acceptors (Lipinski definition) is 5. The maximum atomic E-state index is 5.75. The van der Waals surface area contributed by atoms with Crippen LogP contribution in [0, 0.1) is 0 Å². The first-order valence-electron chi connectivity index (χ1n) is 6.47. The molecular weight excluding hydrogens is 248 g/mol. The van der Waals surface area contributed by atoms with E-state index in [0.717, 1.165) is 43.3 Å². The lowest BCUT2D eigenvalue weighted by molar-refractivity contribution is -0.0949. The molecule has 0 saturated carbocycles. The normalized spacial score (nSPS) is 19.3. The number of methoxy groups -OCH3 is 1. The standard InChI is InChI=1S/C13H22N2O2S/c1-10(2)14-8-11-9-18-12(15-11)13(16-3)4-6-17-7-5-13/h9-10,14H,4-8H2,1-3H3. The zero-order chi connectivity index (χ0) is 13.0. The Kier molecular flexibility index (Phi) is 4.72. The van der Waals surface area contributed by atoms with Crippen molar-refractivity contribution in [2.45, 2.75) is 44.9 Å². The summed E-state index contributed by atoms with van der Waals surface area (Å²) < 4.78 is 11.2. The van der Waals surface area contributed by atoms with Crippen LogP contribution >= 0.6 is 11.3 Å². The fourth-order valence-corrected chi connectivity index (χ4v) is 3.17. The van der Waals surface area contributed by atoms with Crippen molar-refractivity contribution >= 4 is 11.3 Å². The Morgan fingerprint density at radius 2 is 2.22 bits per heavy atom. The third-order valence-electron chi connectivity index (χ3n) is 3.32. The second-order valence-corrected chi connectivity index (χ2v) is 5.85. The van der Waals surface area contributed by atoms with Gasteiger partial charge in [-0.25, -0.2) is 4.98 Å². The molecule has 0 aliphatic carbocycles. The zero-order valence-electron chi connectivity index (χ0n) is 11.4. The average Bonchev–Trinajstić information content (AvgIpc) is 2.86. The molecule has 1 aliphatic heterocycles. The van der Waals surface area contributed by atoms with Crippen molar-refractivity contribution in [2.24, 2.45) is 0 Å². The summed E-state index contributed by atoms with van der Waals surface area (Å²) in [5.41, 5.74) is 0.880. The lowest BCUT2D eigenvalue weighted by Gasteiger charge is -2.33. The highest BCUT2D eigenvalue weighted by molar-refractivity contribution is 7.09. The van der Waals surface area contributed by atoms with Crippen molar-refractivity contribution in [3.8, 4) is 0 Å². The van der Waals surface area contributed by atoms with E-state index >= 15 is 0 Å². The van der Waals surface area contributed by atoms with Gasteiger partial charge in [0.05, 0.1) is 5.69 Å². The van der Waals surface area contributed by atoms with E-state index in [4.69, 9.17) is 14.5 Å². The van der Waals surface area contributed by atoms with Gasteiger partial charge >= 0.3 is 0 Å². The number of rotatable bonds is 5. The van der Waals surface area contributed by atoms with Gasteiger partial charge in [-0.3, -0.25) is 0 Å². The topological polar surface area (TPSA) is 43.4 Å². The summed E-state index contributed by atoms with van der Waals surface area (Å²) in [6.07, 6.45) is 1.79. The molecule has 2 heterocycles. The van der Waals surface area contributed by atoms with Crippen LogP contribution in [0.25, 0.3) is 0 Å². The first kappa shape index (κ1) is 13.9. The smallest absolute Gasteiger partial charge is 0.125 e. The summed E-state index contributed by atoms with van der Waals surface area (Å²) >= 11 is 1.70. The molecule has 1 aliphatic rings. The molecule has 0 aromatic carbocycles. The molecule has 5 heteroatoms. The molecule has 0 radical (unpaired) electrons. The largest absolute Gasteiger partial charge is 0.381 e. The predicted molar refractivity (Wildman–Crippen MR) is 72.8 cm³/mol. The van der Waals surface area contributed by atoms with E-state index in [-0.39, 0.29) is 5.60 Å². The number of nitrogens with one attached hydrogen (secondary N) is 1. The molecule has 1 fully saturated rings. The molecule has 4 nitrogen and oxygen atoms in total. The molecule has 0 spiro atoms. The van der Waals surface area contributed by atoms with Gasteiger partial charge in [-0.1, -0.05) is 13.8 Å². The molecule has 102 valence electrons. The maximum absolute atomic E-state index is 5.75. The van der Waals surface area contributed by atoms with E-state index in [2.05, 4.69) is 24.5 Å². The molecule has 0 amide bonds. The Hall–Kier alpha value is -0.490. The number of nitrogens with zero attached hydrogens (tertiary/aromatic N) is 1. The molecule has 0 atom stereocenters. The van der Waals surface area contributed by atoms with E-state index < -0.39 is 0 Å². The highest BCUT2D eigenvalue weighted by atomic mass is 32.1. The second-order valence-electron chi connectivity index (χ2n) is 4.99. The summed E-state index contributed by atoms with van der Waals surface area (Å²) in [5, 5.41) is 6.60. The Balaban J connectivity index is 2.07. The van der Waals surface area contributed by atoms with Crippen molar-refractivity contribution in [1.29, 1.82) is 0 Å². The highest BCUT2D eigenvalue weighted by Crippen LogP contribution is 2.37. The fraction of sp³-hybridized carbons (Fsp3) is 0.769. The van der Waals surface area contributed by atoms with Gasteiger partial charge in [-0.15, -0.1) is 11.3 Å². The van der Waals surface area contributed by atoms with Crippen LogP contribution in [0.2, 0.25) is 0 Å². The van der Waals surface area contributed by atoms with Crippen LogP contribution < -0.4 is 5.32 Å². The minimum atomic E-state index is -0.223. The van der Waals surface area contributed by atoms with Crippen LogP contribution in [-0.4, -0.2) is 31.3 Å². The van der Waals surface area contributed by atoms with Crippen molar-refractivity contribution in [3.63, 3.8) is 0 Å². The minimum Gasteiger partial charge on any atom is -0.381 e. The monoisotopic (exact) mass is 270 g/mol. The zero-order valence-corrected chi connectivity index (χ0v) is 12.2. The Bertz CT molecular complexity index is 373. The van der Waals surface area contributed by atoms with Gasteiger partial charge in [-0.05, 0) is 0 Å². The van der Waals surface area contributed by atoms with Gasteiger partial charge in [-0.2, -0.15) is 0 Å². The number of ether oxygens (including phenoxy) is 2. The van der Waals surface area contributed by atoms with E-state index in [0.29, 0.717) is 6.04 Å². The van der Waals surface area contributed by atoms with Crippen LogP contribution in [0.5, 0.6) is 0 Å². The highest BCUT2D eigenvalue weighted by Gasteiger charge is 2.37. The van der Waals surface area contributed by atoms with Crippen LogP contribution in [0.15, 0.2) is 5.38 Å². The van der Waals surface area contributed by atoms with Gasteiger partial charge in [0.15, 0.2) is 0 Å². The fourth-order valence-electron chi connectivity index (χ4n) is 2.11. The summed E-state index contributed by atoms with van der Waals surface area (Å²) in [5.74, 6) is 0. The third kappa shape index (κ3) is 3.09. The predicted octanol–water partition coefficient (Wildman–Crippen LogP) is 2.29. The van der Waals surface area contributed by atoms with E-state index in [1.54, 1.807) is 18.4 Å². The van der Waals surface area contributed by atoms with E-state index in [1.165, 1.54) is 0 Å². The number of aromatic nitrogens is 1. The summed E-state index contributed by atoms with van der Waals surface area (Å²) in [4.78, 5) is 4.72. The molecule has 0 bridgehead atoms. The Labute approximate surface area is 113 Å². The Morgan fingerprint density at radius 1 is 1.50 bits per heavy atom. The summed E-state index contributed by atoms with van der Waals surface area (Å²) in [6.45, 7) is 6.62. The number of thiazole rings is 1. The first-order valence-corrected chi connectivity index (χ1v) is 7.35. The molecular formula is C13H22N2O2S. The first-order chi connectivity index (χ1) is 8.66. The van der Waals surface area contributed by atoms with E-state index in [9.17, 15) is 0 Å². The van der Waals surface area contributed by atoms with Gasteiger partial charge in [0, 0.05) is 51.1 Å². The molecule has 1 aromatic heterocycles. The maximum Gasteiger partial charge on any atom is 0.125 e. The van der Waals surface area contributed by atoms with Gasteiger partial charge in [0.2, 0.25) is 0 Å². The molecule has 1 aromatic rings. The number of hydrogen-bond donors (Lipinski definition) is 1. The Morgan fingerprint density at radius 3 is 2.83 bits per heavy atom. The lowest BCUT2D eigenvalue weighted by Crippen LogP contribution is -2.35. The minimum absolute atomic E-state index is 0.223. The molecule has 1 saturated heterocycles. The van der Waals surface area contributed by atoms with Crippen molar-refractivity contribution in [2.75, 3.05) is 20.3 Å². The van der Waals surface area contributed by atoms with Crippen LogP contribution in [-0.2, 0) is 21.6 Å². The second kappa shape index (κ2) is 6.10. The quantitative estimate of drug-likeness (QED) is 0.891. The van der Waals surface area contributed by atoms with Gasteiger partial charge < -0.3 is 14.8 Å². The summed E-state index contributed by atoms with van der Waals surface area (Å²) in [7, 11) is 1.78. The molecule has 0 unspecified atom stereocenters. The van der Waals surface area contributed by atoms with Crippen molar-refractivity contribution in [3.05, 3.63) is 16.1 Å². The average molecular weight is 270 g/mol. The van der Waals surface area contributed by atoms with Crippen molar-refractivity contribution < 1.29 is 9.47 Å².